The van der Waals surface area contributed by atoms with E-state index >= 15 is 0 Å². The van der Waals surface area contributed by atoms with E-state index in [9.17, 15) is 0 Å². The molecule has 0 saturated carbocycles. The molecule has 108 valence electrons. The number of rotatable bonds is 7. The van der Waals surface area contributed by atoms with Gasteiger partial charge in [0.1, 0.15) is 0 Å². The maximum atomic E-state index is 5.08. The van der Waals surface area contributed by atoms with Crippen molar-refractivity contribution in [2.24, 2.45) is 0 Å². The lowest BCUT2D eigenvalue weighted by Gasteiger charge is -2.21. The molecular weight excluding hydrogens is 236 g/mol. The molecule has 1 N–H and O–H groups in total. The molecule has 0 radical (unpaired) electrons. The molecule has 0 aliphatic carbocycles. The number of hydrogen-bond donors (Lipinski definition) is 1. The van der Waals surface area contributed by atoms with Gasteiger partial charge in [0.25, 0.3) is 0 Å². The lowest BCUT2D eigenvalue weighted by Crippen LogP contribution is -2.35. The molecule has 0 amide bonds. The number of hydrogen-bond acceptors (Lipinski definition) is 3. The number of benzene rings is 1. The standard InChI is InChI=1S/C16H28N2O/c1-16(2,3)17-12-14-6-8-15(9-7-14)13-18(4)10-11-19-5/h6-9,17H,10-13H2,1-5H3. The maximum absolute atomic E-state index is 5.08. The average molecular weight is 264 g/mol. The molecule has 0 heterocycles. The van der Waals surface area contributed by atoms with Gasteiger partial charge in [-0.05, 0) is 38.9 Å². The zero-order chi connectivity index (χ0) is 14.3. The van der Waals surface area contributed by atoms with Gasteiger partial charge < -0.3 is 10.1 Å². The number of likely N-dealkylation sites (N-methyl/N-ethyl adjacent to an activating group) is 1. The Bertz CT molecular complexity index is 354. The van der Waals surface area contributed by atoms with Gasteiger partial charge in [-0.15, -0.1) is 0 Å². The van der Waals surface area contributed by atoms with E-state index in [0.29, 0.717) is 0 Å². The van der Waals surface area contributed by atoms with E-state index in [1.54, 1.807) is 7.11 Å². The van der Waals surface area contributed by atoms with Gasteiger partial charge in [0, 0.05) is 32.3 Å². The van der Waals surface area contributed by atoms with Crippen molar-refractivity contribution in [3.8, 4) is 0 Å². The highest BCUT2D eigenvalue weighted by atomic mass is 16.5. The zero-order valence-electron chi connectivity index (χ0n) is 13.0. The Balaban J connectivity index is 2.43. The molecule has 0 saturated heterocycles. The van der Waals surface area contributed by atoms with Crippen LogP contribution in [0.3, 0.4) is 0 Å². The summed E-state index contributed by atoms with van der Waals surface area (Å²) >= 11 is 0. The second-order valence-corrected chi connectivity index (χ2v) is 6.15. The Labute approximate surface area is 118 Å². The van der Waals surface area contributed by atoms with Crippen molar-refractivity contribution < 1.29 is 4.74 Å². The third-order valence-corrected chi connectivity index (χ3v) is 2.98. The molecular formula is C16H28N2O. The Morgan fingerprint density at radius 3 is 2.21 bits per heavy atom. The zero-order valence-corrected chi connectivity index (χ0v) is 13.0. The number of nitrogens with zero attached hydrogens (tertiary/aromatic N) is 1. The van der Waals surface area contributed by atoms with E-state index in [0.717, 1.165) is 26.2 Å². The summed E-state index contributed by atoms with van der Waals surface area (Å²) < 4.78 is 5.08. The second kappa shape index (κ2) is 7.63. The molecule has 0 bridgehead atoms. The lowest BCUT2D eigenvalue weighted by atomic mass is 10.1. The fourth-order valence-electron chi connectivity index (χ4n) is 1.77. The average Bonchev–Trinajstić information content (AvgIpc) is 2.34. The lowest BCUT2D eigenvalue weighted by molar-refractivity contribution is 0.158. The molecule has 0 aromatic heterocycles. The van der Waals surface area contributed by atoms with Gasteiger partial charge in [0.2, 0.25) is 0 Å². The number of methoxy groups -OCH3 is 1. The predicted molar refractivity (Wildman–Crippen MR) is 81.2 cm³/mol. The molecule has 1 rings (SSSR count). The summed E-state index contributed by atoms with van der Waals surface area (Å²) in [7, 11) is 3.86. The molecule has 1 aromatic carbocycles. The molecule has 3 nitrogen and oxygen atoms in total. The van der Waals surface area contributed by atoms with Crippen LogP contribution in [0, 0.1) is 0 Å². The topological polar surface area (TPSA) is 24.5 Å². The van der Waals surface area contributed by atoms with Gasteiger partial charge in [-0.25, -0.2) is 0 Å². The molecule has 0 atom stereocenters. The Hall–Kier alpha value is -0.900. The summed E-state index contributed by atoms with van der Waals surface area (Å²) in [5.74, 6) is 0. The fraction of sp³-hybridized carbons (Fsp3) is 0.625. The third-order valence-electron chi connectivity index (χ3n) is 2.98. The fourth-order valence-corrected chi connectivity index (χ4v) is 1.77. The van der Waals surface area contributed by atoms with Crippen molar-refractivity contribution in [3.63, 3.8) is 0 Å². The quantitative estimate of drug-likeness (QED) is 0.819. The molecule has 0 spiro atoms. The van der Waals surface area contributed by atoms with Crippen LogP contribution >= 0.6 is 0 Å². The molecule has 0 aliphatic rings. The van der Waals surface area contributed by atoms with E-state index in [4.69, 9.17) is 4.74 Å². The van der Waals surface area contributed by atoms with Crippen LogP contribution in [0.25, 0.3) is 0 Å². The minimum Gasteiger partial charge on any atom is -0.383 e. The van der Waals surface area contributed by atoms with Crippen LogP contribution in [0.5, 0.6) is 0 Å². The van der Waals surface area contributed by atoms with Crippen molar-refractivity contribution in [3.05, 3.63) is 35.4 Å². The normalized spacial score (nSPS) is 12.1. The highest BCUT2D eigenvalue weighted by molar-refractivity contribution is 5.22. The highest BCUT2D eigenvalue weighted by Crippen LogP contribution is 2.08. The predicted octanol–water partition coefficient (Wildman–Crippen LogP) is 2.65. The van der Waals surface area contributed by atoms with E-state index < -0.39 is 0 Å². The molecule has 0 unspecified atom stereocenters. The van der Waals surface area contributed by atoms with E-state index in [1.807, 2.05) is 0 Å². The van der Waals surface area contributed by atoms with Crippen molar-refractivity contribution in [1.82, 2.24) is 10.2 Å². The van der Waals surface area contributed by atoms with Crippen molar-refractivity contribution in [2.45, 2.75) is 39.4 Å². The van der Waals surface area contributed by atoms with E-state index in [2.05, 4.69) is 62.3 Å². The second-order valence-electron chi connectivity index (χ2n) is 6.15. The van der Waals surface area contributed by atoms with E-state index in [-0.39, 0.29) is 5.54 Å². The van der Waals surface area contributed by atoms with Crippen LogP contribution in [0.4, 0.5) is 0 Å². The van der Waals surface area contributed by atoms with E-state index in [1.165, 1.54) is 11.1 Å². The minimum absolute atomic E-state index is 0.166. The summed E-state index contributed by atoms with van der Waals surface area (Å²) in [5, 5.41) is 3.50. The van der Waals surface area contributed by atoms with Crippen LogP contribution in [-0.2, 0) is 17.8 Å². The number of ether oxygens (including phenoxy) is 1. The molecule has 3 heteroatoms. The molecule has 1 aromatic rings. The van der Waals surface area contributed by atoms with Gasteiger partial charge >= 0.3 is 0 Å². The van der Waals surface area contributed by atoms with Gasteiger partial charge in [-0.3, -0.25) is 4.90 Å². The SMILES string of the molecule is COCCN(C)Cc1ccc(CNC(C)(C)C)cc1. The minimum atomic E-state index is 0.166. The van der Waals surface area contributed by atoms with Crippen LogP contribution in [0.15, 0.2) is 24.3 Å². The maximum Gasteiger partial charge on any atom is 0.0589 e. The monoisotopic (exact) mass is 264 g/mol. The highest BCUT2D eigenvalue weighted by Gasteiger charge is 2.08. The molecule has 0 fully saturated rings. The van der Waals surface area contributed by atoms with Gasteiger partial charge in [0.15, 0.2) is 0 Å². The summed E-state index contributed by atoms with van der Waals surface area (Å²) in [5.41, 5.74) is 2.84. The van der Waals surface area contributed by atoms with Crippen LogP contribution < -0.4 is 5.32 Å². The third kappa shape index (κ3) is 7.31. The molecule has 0 aliphatic heterocycles. The summed E-state index contributed by atoms with van der Waals surface area (Å²) in [6, 6.07) is 8.84. The Morgan fingerprint density at radius 2 is 1.68 bits per heavy atom. The van der Waals surface area contributed by atoms with Crippen molar-refractivity contribution in [2.75, 3.05) is 27.3 Å². The Kier molecular flexibility index (Phi) is 6.49. The largest absolute Gasteiger partial charge is 0.383 e. The molecule has 19 heavy (non-hydrogen) atoms. The van der Waals surface area contributed by atoms with Crippen LogP contribution in [-0.4, -0.2) is 37.7 Å². The smallest absolute Gasteiger partial charge is 0.0589 e. The summed E-state index contributed by atoms with van der Waals surface area (Å²) in [6.07, 6.45) is 0. The van der Waals surface area contributed by atoms with Gasteiger partial charge in [-0.1, -0.05) is 24.3 Å². The van der Waals surface area contributed by atoms with Gasteiger partial charge in [0.05, 0.1) is 6.61 Å². The Morgan fingerprint density at radius 1 is 1.11 bits per heavy atom. The first kappa shape index (κ1) is 16.2. The first-order chi connectivity index (χ1) is 8.90. The summed E-state index contributed by atoms with van der Waals surface area (Å²) in [4.78, 5) is 2.27. The first-order valence-corrected chi connectivity index (χ1v) is 6.91. The van der Waals surface area contributed by atoms with Crippen molar-refractivity contribution in [1.29, 1.82) is 0 Å². The van der Waals surface area contributed by atoms with Crippen LogP contribution in [0.2, 0.25) is 0 Å². The van der Waals surface area contributed by atoms with Crippen molar-refractivity contribution >= 4 is 0 Å². The van der Waals surface area contributed by atoms with Crippen LogP contribution in [0.1, 0.15) is 31.9 Å². The number of nitrogens with one attached hydrogen (secondary N) is 1. The van der Waals surface area contributed by atoms with Gasteiger partial charge in [-0.2, -0.15) is 0 Å². The summed E-state index contributed by atoms with van der Waals surface area (Å²) in [6.45, 7) is 10.2. The first-order valence-electron chi connectivity index (χ1n) is 6.91.